The SMILES string of the molecule is C.COC(=O)[C@H](Cc1ccccc1)NC(=O)c1cccc(Oc2ccc(-c3cc(C(F)(F)F)c(C#N)c(=O)n3Cc3ccc(C)cc3C)cc2)c1. The Balaban J connectivity index is 0.00000583. The van der Waals surface area contributed by atoms with Crippen molar-refractivity contribution in [2.45, 2.75) is 46.5 Å². The van der Waals surface area contributed by atoms with Crippen molar-refractivity contribution in [3.63, 3.8) is 0 Å². The zero-order valence-corrected chi connectivity index (χ0v) is 27.4. The van der Waals surface area contributed by atoms with Crippen LogP contribution in [0.25, 0.3) is 11.3 Å². The third-order valence-electron chi connectivity index (χ3n) is 8.10. The normalized spacial score (nSPS) is 11.5. The number of rotatable bonds is 10. The van der Waals surface area contributed by atoms with Crippen LogP contribution in [0.5, 0.6) is 11.5 Å². The summed E-state index contributed by atoms with van der Waals surface area (Å²) in [6.07, 6.45) is -4.71. The van der Waals surface area contributed by atoms with Gasteiger partial charge < -0.3 is 19.4 Å². The average Bonchev–Trinajstić information content (AvgIpc) is 3.09. The minimum atomic E-state index is -4.93. The molecular weight excluding hydrogens is 659 g/mol. The van der Waals surface area contributed by atoms with Crippen LogP contribution in [0.3, 0.4) is 0 Å². The van der Waals surface area contributed by atoms with Crippen LogP contribution in [0.4, 0.5) is 13.2 Å². The van der Waals surface area contributed by atoms with Crippen LogP contribution in [-0.2, 0) is 28.7 Å². The monoisotopic (exact) mass is 695 g/mol. The van der Waals surface area contributed by atoms with Crippen LogP contribution in [0, 0.1) is 25.2 Å². The van der Waals surface area contributed by atoms with Crippen molar-refractivity contribution in [1.82, 2.24) is 9.88 Å². The average molecular weight is 696 g/mol. The summed E-state index contributed by atoms with van der Waals surface area (Å²) in [5.74, 6) is -0.540. The van der Waals surface area contributed by atoms with E-state index in [0.717, 1.165) is 22.8 Å². The number of nitrogens with zero attached hydrogens (tertiary/aromatic N) is 2. The lowest BCUT2D eigenvalue weighted by Gasteiger charge is -2.19. The second-order valence-electron chi connectivity index (χ2n) is 11.6. The van der Waals surface area contributed by atoms with Crippen molar-refractivity contribution in [3.05, 3.63) is 152 Å². The first-order valence-electron chi connectivity index (χ1n) is 15.5. The second kappa shape index (κ2) is 16.0. The Labute approximate surface area is 293 Å². The Hall–Kier alpha value is -6.15. The topological polar surface area (TPSA) is 110 Å². The highest BCUT2D eigenvalue weighted by Gasteiger charge is 2.36. The summed E-state index contributed by atoms with van der Waals surface area (Å²) < 4.78 is 54.1. The first kappa shape index (κ1) is 37.7. The van der Waals surface area contributed by atoms with E-state index in [1.54, 1.807) is 24.3 Å². The van der Waals surface area contributed by atoms with E-state index >= 15 is 0 Å². The van der Waals surface area contributed by atoms with Crippen molar-refractivity contribution in [3.8, 4) is 28.8 Å². The molecule has 0 aliphatic heterocycles. The van der Waals surface area contributed by atoms with E-state index in [2.05, 4.69) is 5.32 Å². The van der Waals surface area contributed by atoms with Crippen LogP contribution >= 0.6 is 0 Å². The number of hydrogen-bond acceptors (Lipinski definition) is 6. The maximum absolute atomic E-state index is 14.0. The lowest BCUT2D eigenvalue weighted by Crippen LogP contribution is -2.43. The highest BCUT2D eigenvalue weighted by atomic mass is 19.4. The van der Waals surface area contributed by atoms with Gasteiger partial charge in [-0.3, -0.25) is 9.59 Å². The molecule has 0 unspecified atom stereocenters. The van der Waals surface area contributed by atoms with Crippen LogP contribution in [0.2, 0.25) is 0 Å². The third kappa shape index (κ3) is 8.91. The van der Waals surface area contributed by atoms with Crippen LogP contribution in [-0.4, -0.2) is 29.6 Å². The summed E-state index contributed by atoms with van der Waals surface area (Å²) in [6.45, 7) is 3.69. The summed E-state index contributed by atoms with van der Waals surface area (Å²) in [5, 5.41) is 12.3. The van der Waals surface area contributed by atoms with Gasteiger partial charge in [-0.15, -0.1) is 0 Å². The van der Waals surface area contributed by atoms with Gasteiger partial charge in [-0.2, -0.15) is 18.4 Å². The highest BCUT2D eigenvalue weighted by Crippen LogP contribution is 2.34. The molecule has 5 aromatic rings. The zero-order valence-electron chi connectivity index (χ0n) is 27.4. The summed E-state index contributed by atoms with van der Waals surface area (Å²) in [5.41, 5.74) is 0.512. The number of benzene rings is 4. The predicted octanol–water partition coefficient (Wildman–Crippen LogP) is 8.01. The quantitative estimate of drug-likeness (QED) is 0.148. The van der Waals surface area contributed by atoms with Gasteiger partial charge in [0.2, 0.25) is 0 Å². The fourth-order valence-electron chi connectivity index (χ4n) is 5.53. The molecule has 262 valence electrons. The molecule has 5 rings (SSSR count). The minimum Gasteiger partial charge on any atom is -0.467 e. The van der Waals surface area contributed by atoms with Crippen molar-refractivity contribution < 1.29 is 32.2 Å². The first-order chi connectivity index (χ1) is 23.9. The molecule has 0 aliphatic rings. The molecule has 0 spiro atoms. The Morgan fingerprint density at radius 3 is 2.24 bits per heavy atom. The van der Waals surface area contributed by atoms with Gasteiger partial charge in [0.1, 0.15) is 29.2 Å². The van der Waals surface area contributed by atoms with Gasteiger partial charge in [-0.25, -0.2) is 4.79 Å². The molecule has 0 saturated heterocycles. The fourth-order valence-corrected chi connectivity index (χ4v) is 5.53. The molecule has 1 amide bonds. The van der Waals surface area contributed by atoms with Gasteiger partial charge in [-0.1, -0.05) is 67.6 Å². The number of amides is 1. The second-order valence-corrected chi connectivity index (χ2v) is 11.6. The largest absolute Gasteiger partial charge is 0.467 e. The number of hydrogen-bond donors (Lipinski definition) is 1. The first-order valence-corrected chi connectivity index (χ1v) is 15.5. The smallest absolute Gasteiger partial charge is 0.417 e. The molecule has 0 fully saturated rings. The number of alkyl halides is 3. The van der Waals surface area contributed by atoms with E-state index < -0.39 is 40.8 Å². The van der Waals surface area contributed by atoms with Gasteiger partial charge in [0.05, 0.1) is 24.9 Å². The maximum Gasteiger partial charge on any atom is 0.417 e. The number of ether oxygens (including phenoxy) is 2. The molecule has 0 radical (unpaired) electrons. The number of aryl methyl sites for hydroxylation is 2. The Morgan fingerprint density at radius 2 is 1.61 bits per heavy atom. The number of nitriles is 1. The van der Waals surface area contributed by atoms with E-state index in [-0.39, 0.29) is 43.0 Å². The van der Waals surface area contributed by atoms with E-state index in [1.807, 2.05) is 56.3 Å². The van der Waals surface area contributed by atoms with Crippen molar-refractivity contribution in [2.24, 2.45) is 0 Å². The highest BCUT2D eigenvalue weighted by molar-refractivity contribution is 5.97. The van der Waals surface area contributed by atoms with Crippen LogP contribution < -0.4 is 15.6 Å². The van der Waals surface area contributed by atoms with E-state index in [9.17, 15) is 32.8 Å². The molecule has 0 bridgehead atoms. The van der Waals surface area contributed by atoms with Crippen LogP contribution in [0.1, 0.15) is 51.2 Å². The Morgan fingerprint density at radius 1 is 0.902 bits per heavy atom. The van der Waals surface area contributed by atoms with Crippen molar-refractivity contribution in [1.29, 1.82) is 5.26 Å². The van der Waals surface area contributed by atoms with Gasteiger partial charge >= 0.3 is 12.1 Å². The standard InChI is InChI=1S/C39H32F3N3O5.CH4/c1-24-12-13-29(25(2)18-24)23-45-35(21-33(39(40,41)42)32(22-43)37(45)47)27-14-16-30(17-15-27)50-31-11-7-10-28(20-31)36(46)44-34(38(48)49-3)19-26-8-5-4-6-9-26;/h4-18,20-21,34H,19,23H2,1-3H3,(H,44,46);1H4/t34-;/m0./s1. The van der Waals surface area contributed by atoms with E-state index in [4.69, 9.17) is 9.47 Å². The van der Waals surface area contributed by atoms with E-state index in [1.165, 1.54) is 48.1 Å². The number of esters is 1. The predicted molar refractivity (Wildman–Crippen MR) is 188 cm³/mol. The summed E-state index contributed by atoms with van der Waals surface area (Å²) >= 11 is 0. The van der Waals surface area contributed by atoms with Crippen molar-refractivity contribution in [2.75, 3.05) is 7.11 Å². The van der Waals surface area contributed by atoms with Gasteiger partial charge in [0.25, 0.3) is 11.5 Å². The molecule has 0 saturated carbocycles. The molecule has 1 aromatic heterocycles. The molecule has 1 heterocycles. The number of pyridine rings is 1. The number of methoxy groups -OCH3 is 1. The van der Waals surface area contributed by atoms with Gasteiger partial charge in [0.15, 0.2) is 0 Å². The lowest BCUT2D eigenvalue weighted by atomic mass is 10.0. The Bertz CT molecular complexity index is 2140. The number of carbonyl (C=O) groups is 2. The lowest BCUT2D eigenvalue weighted by molar-refractivity contribution is -0.143. The summed E-state index contributed by atoms with van der Waals surface area (Å²) in [7, 11) is 1.24. The molecule has 1 atom stereocenters. The molecule has 11 heteroatoms. The number of nitrogens with one attached hydrogen (secondary N) is 1. The summed E-state index contributed by atoms with van der Waals surface area (Å²) in [6, 6.07) is 28.4. The summed E-state index contributed by atoms with van der Waals surface area (Å²) in [4.78, 5) is 39.0. The number of carbonyl (C=O) groups excluding carboxylic acids is 2. The fraction of sp³-hybridized carbons (Fsp3) is 0.200. The number of aromatic nitrogens is 1. The third-order valence-corrected chi connectivity index (χ3v) is 8.10. The van der Waals surface area contributed by atoms with Gasteiger partial charge in [-0.05, 0) is 84.6 Å². The molecular formula is C40H36F3N3O5. The Kier molecular flexibility index (Phi) is 11.8. The molecule has 0 aliphatic carbocycles. The maximum atomic E-state index is 14.0. The van der Waals surface area contributed by atoms with E-state index in [0.29, 0.717) is 11.3 Å². The minimum absolute atomic E-state index is 0. The van der Waals surface area contributed by atoms with Crippen LogP contribution in [0.15, 0.2) is 108 Å². The van der Waals surface area contributed by atoms with Gasteiger partial charge in [0, 0.05) is 12.0 Å². The zero-order chi connectivity index (χ0) is 36.0. The number of halogens is 3. The molecule has 8 nitrogen and oxygen atoms in total. The molecule has 51 heavy (non-hydrogen) atoms. The molecule has 4 aromatic carbocycles. The molecule has 1 N–H and O–H groups in total. The van der Waals surface area contributed by atoms with Crippen molar-refractivity contribution >= 4 is 11.9 Å².